The molecule has 26 heavy (non-hydrogen) atoms. The van der Waals surface area contributed by atoms with E-state index in [9.17, 15) is 10.1 Å². The minimum absolute atomic E-state index is 0.217. The third kappa shape index (κ3) is 3.52. The molecule has 0 radical (unpaired) electrons. The summed E-state index contributed by atoms with van der Waals surface area (Å²) < 4.78 is 1.58. The smallest absolute Gasteiger partial charge is 0.273 e. The van der Waals surface area contributed by atoms with E-state index < -0.39 is 5.54 Å². The molecule has 6 heteroatoms. The van der Waals surface area contributed by atoms with Crippen molar-refractivity contribution in [3.8, 4) is 17.3 Å². The lowest BCUT2D eigenvalue weighted by molar-refractivity contribution is 0.0957. The first kappa shape index (κ1) is 17.5. The van der Waals surface area contributed by atoms with Crippen LogP contribution < -0.4 is 5.32 Å². The Morgan fingerprint density at radius 2 is 2.04 bits per heavy atom. The van der Waals surface area contributed by atoms with E-state index in [1.807, 2.05) is 61.4 Å². The Kier molecular flexibility index (Phi) is 4.63. The molecule has 0 aliphatic carbocycles. The summed E-state index contributed by atoms with van der Waals surface area (Å²) in [5, 5.41) is 16.5. The molecule has 0 unspecified atom stereocenters. The standard InChI is InChI=1S/C20H21N5O/c1-20(2,14-21)25-11-9-16(10-12-25)22-19(26)18-13-17(23-24(18)3)15-7-5-4-6-8-15/h4-11,13H,12H2,1-3H3,(H,22,26). The van der Waals surface area contributed by atoms with Gasteiger partial charge in [0.05, 0.1) is 11.8 Å². The molecule has 1 amide bonds. The Hall–Kier alpha value is -3.33. The lowest BCUT2D eigenvalue weighted by Crippen LogP contribution is -2.40. The molecule has 2 heterocycles. The predicted molar refractivity (Wildman–Crippen MR) is 99.7 cm³/mol. The number of rotatable bonds is 4. The topological polar surface area (TPSA) is 74.0 Å². The maximum atomic E-state index is 12.6. The Morgan fingerprint density at radius 3 is 2.65 bits per heavy atom. The van der Waals surface area contributed by atoms with Crippen LogP contribution in [-0.4, -0.2) is 32.7 Å². The number of nitriles is 1. The van der Waals surface area contributed by atoms with Crippen LogP contribution in [0.1, 0.15) is 24.3 Å². The first-order valence-corrected chi connectivity index (χ1v) is 8.38. The van der Waals surface area contributed by atoms with E-state index in [1.165, 1.54) is 0 Å². The molecule has 2 aromatic rings. The molecular weight excluding hydrogens is 326 g/mol. The van der Waals surface area contributed by atoms with Gasteiger partial charge in [0.2, 0.25) is 0 Å². The van der Waals surface area contributed by atoms with Crippen molar-refractivity contribution < 1.29 is 4.79 Å². The lowest BCUT2D eigenvalue weighted by Gasteiger charge is -2.33. The monoisotopic (exact) mass is 347 g/mol. The maximum Gasteiger partial charge on any atom is 0.273 e. The molecule has 0 saturated carbocycles. The van der Waals surface area contributed by atoms with Gasteiger partial charge in [0.25, 0.3) is 5.91 Å². The van der Waals surface area contributed by atoms with Crippen LogP contribution in [0.3, 0.4) is 0 Å². The van der Waals surface area contributed by atoms with Gasteiger partial charge in [-0.25, -0.2) is 0 Å². The van der Waals surface area contributed by atoms with E-state index in [1.54, 1.807) is 23.9 Å². The zero-order valence-corrected chi connectivity index (χ0v) is 15.1. The van der Waals surface area contributed by atoms with Crippen LogP contribution in [-0.2, 0) is 7.05 Å². The van der Waals surface area contributed by atoms with Gasteiger partial charge in [-0.05, 0) is 32.1 Å². The second-order valence-corrected chi connectivity index (χ2v) is 6.66. The van der Waals surface area contributed by atoms with E-state index in [0.29, 0.717) is 17.9 Å². The zero-order chi connectivity index (χ0) is 18.7. The number of aryl methyl sites for hydroxylation is 1. The summed E-state index contributed by atoms with van der Waals surface area (Å²) in [6.07, 6.45) is 5.53. The van der Waals surface area contributed by atoms with Gasteiger partial charge < -0.3 is 10.2 Å². The van der Waals surface area contributed by atoms with E-state index in [4.69, 9.17) is 0 Å². The number of hydrogen-bond donors (Lipinski definition) is 1. The second kappa shape index (κ2) is 6.89. The minimum atomic E-state index is -0.588. The van der Waals surface area contributed by atoms with Crippen molar-refractivity contribution in [2.75, 3.05) is 6.54 Å². The van der Waals surface area contributed by atoms with Gasteiger partial charge in [-0.15, -0.1) is 0 Å². The van der Waals surface area contributed by atoms with Gasteiger partial charge in [0, 0.05) is 31.1 Å². The highest BCUT2D eigenvalue weighted by Gasteiger charge is 2.24. The number of carbonyl (C=O) groups is 1. The summed E-state index contributed by atoms with van der Waals surface area (Å²) in [7, 11) is 1.75. The quantitative estimate of drug-likeness (QED) is 0.923. The summed E-state index contributed by atoms with van der Waals surface area (Å²) >= 11 is 0. The van der Waals surface area contributed by atoms with E-state index in [2.05, 4.69) is 16.5 Å². The molecule has 3 rings (SSSR count). The highest BCUT2D eigenvalue weighted by atomic mass is 16.2. The molecule has 1 aliphatic rings. The number of hydrogen-bond acceptors (Lipinski definition) is 4. The van der Waals surface area contributed by atoms with E-state index >= 15 is 0 Å². The highest BCUT2D eigenvalue weighted by molar-refractivity contribution is 5.95. The van der Waals surface area contributed by atoms with E-state index in [0.717, 1.165) is 11.3 Å². The zero-order valence-electron chi connectivity index (χ0n) is 15.1. The number of carbonyl (C=O) groups excluding carboxylic acids is 1. The number of nitrogens with one attached hydrogen (secondary N) is 1. The van der Waals surface area contributed by atoms with Crippen LogP contribution in [0.25, 0.3) is 11.3 Å². The molecule has 132 valence electrons. The highest BCUT2D eigenvalue weighted by Crippen LogP contribution is 2.20. The van der Waals surface area contributed by atoms with Crippen molar-refractivity contribution >= 4 is 5.91 Å². The summed E-state index contributed by atoms with van der Waals surface area (Å²) in [6.45, 7) is 4.28. The van der Waals surface area contributed by atoms with Gasteiger partial charge in [0.15, 0.2) is 0 Å². The Labute approximate surface area is 153 Å². The van der Waals surface area contributed by atoms with Crippen LogP contribution in [0.5, 0.6) is 0 Å². The lowest BCUT2D eigenvalue weighted by atomic mass is 10.0. The molecule has 0 spiro atoms. The van der Waals surface area contributed by atoms with Crippen molar-refractivity contribution in [3.63, 3.8) is 0 Å². The summed E-state index contributed by atoms with van der Waals surface area (Å²) in [6, 6.07) is 13.8. The number of nitrogens with zero attached hydrogens (tertiary/aromatic N) is 4. The Balaban J connectivity index is 1.71. The van der Waals surface area contributed by atoms with Gasteiger partial charge in [0.1, 0.15) is 11.2 Å². The van der Waals surface area contributed by atoms with E-state index in [-0.39, 0.29) is 5.91 Å². The molecule has 1 aliphatic heterocycles. The molecule has 6 nitrogen and oxygen atoms in total. The van der Waals surface area contributed by atoms with Gasteiger partial charge in [-0.2, -0.15) is 10.4 Å². The van der Waals surface area contributed by atoms with Crippen molar-refractivity contribution in [2.45, 2.75) is 19.4 Å². The minimum Gasteiger partial charge on any atom is -0.356 e. The second-order valence-electron chi connectivity index (χ2n) is 6.66. The summed E-state index contributed by atoms with van der Waals surface area (Å²) in [4.78, 5) is 14.5. The third-order valence-electron chi connectivity index (χ3n) is 4.37. The fraction of sp³-hybridized carbons (Fsp3) is 0.250. The molecule has 0 fully saturated rings. The third-order valence-corrected chi connectivity index (χ3v) is 4.37. The SMILES string of the molecule is Cn1nc(-c2ccccc2)cc1C(=O)NC1=CCN(C(C)(C)C#N)C=C1. The molecule has 1 aromatic carbocycles. The Bertz CT molecular complexity index is 915. The van der Waals surface area contributed by atoms with Crippen LogP contribution in [0.2, 0.25) is 0 Å². The largest absolute Gasteiger partial charge is 0.356 e. The number of amides is 1. The van der Waals surface area contributed by atoms with Crippen LogP contribution in [0.15, 0.2) is 60.4 Å². The fourth-order valence-electron chi connectivity index (χ4n) is 2.69. The molecule has 1 aromatic heterocycles. The van der Waals surface area contributed by atoms with Crippen LogP contribution in [0, 0.1) is 11.3 Å². The summed E-state index contributed by atoms with van der Waals surface area (Å²) in [5.74, 6) is -0.217. The van der Waals surface area contributed by atoms with Gasteiger partial charge in [-0.1, -0.05) is 30.3 Å². The first-order chi connectivity index (χ1) is 12.4. The number of allylic oxidation sites excluding steroid dienone is 1. The van der Waals surface area contributed by atoms with Gasteiger partial charge >= 0.3 is 0 Å². The normalized spacial score (nSPS) is 13.9. The molecule has 1 N–H and O–H groups in total. The van der Waals surface area contributed by atoms with Crippen molar-refractivity contribution in [2.24, 2.45) is 7.05 Å². The molecular formula is C20H21N5O. The summed E-state index contributed by atoms with van der Waals surface area (Å²) in [5.41, 5.74) is 2.33. The van der Waals surface area contributed by atoms with Crippen molar-refractivity contribution in [3.05, 3.63) is 66.1 Å². The average molecular weight is 347 g/mol. The number of benzene rings is 1. The van der Waals surface area contributed by atoms with Gasteiger partial charge in [-0.3, -0.25) is 9.48 Å². The van der Waals surface area contributed by atoms with Crippen LogP contribution in [0.4, 0.5) is 0 Å². The molecule has 0 bridgehead atoms. The first-order valence-electron chi connectivity index (χ1n) is 8.38. The Morgan fingerprint density at radius 1 is 1.31 bits per heavy atom. The van der Waals surface area contributed by atoms with Crippen LogP contribution >= 0.6 is 0 Å². The molecule has 0 saturated heterocycles. The average Bonchev–Trinajstić information content (AvgIpc) is 3.05. The van der Waals surface area contributed by atoms with Crippen molar-refractivity contribution in [1.82, 2.24) is 20.0 Å². The fourth-order valence-corrected chi connectivity index (χ4v) is 2.69. The van der Waals surface area contributed by atoms with Crippen molar-refractivity contribution in [1.29, 1.82) is 5.26 Å². The predicted octanol–water partition coefficient (Wildman–Crippen LogP) is 2.83. The number of aromatic nitrogens is 2. The maximum absolute atomic E-state index is 12.6. The molecule has 0 atom stereocenters.